The van der Waals surface area contributed by atoms with Gasteiger partial charge in [-0.15, -0.1) is 0 Å². The molecule has 0 saturated carbocycles. The normalized spacial score (nSPS) is 17.4. The lowest BCUT2D eigenvalue weighted by Crippen LogP contribution is -2.49. The van der Waals surface area contributed by atoms with E-state index in [0.29, 0.717) is 0 Å². The summed E-state index contributed by atoms with van der Waals surface area (Å²) in [7, 11) is 6.15. The maximum Gasteiger partial charge on any atom is 0.0798 e. The molecular formula is C22H31N3O. The van der Waals surface area contributed by atoms with E-state index in [0.717, 1.165) is 39.0 Å². The van der Waals surface area contributed by atoms with Gasteiger partial charge in [-0.3, -0.25) is 4.90 Å². The number of para-hydroxylation sites is 1. The van der Waals surface area contributed by atoms with Crippen molar-refractivity contribution in [2.75, 3.05) is 45.7 Å². The maximum atomic E-state index is 10.7. The minimum Gasteiger partial charge on any atom is -0.388 e. The fraction of sp³-hybridized carbons (Fsp3) is 0.455. The van der Waals surface area contributed by atoms with Crippen molar-refractivity contribution in [3.05, 3.63) is 60.2 Å². The molecule has 1 heterocycles. The van der Waals surface area contributed by atoms with Gasteiger partial charge >= 0.3 is 0 Å². The van der Waals surface area contributed by atoms with E-state index in [2.05, 4.69) is 70.3 Å². The van der Waals surface area contributed by atoms with Gasteiger partial charge < -0.3 is 14.9 Å². The summed E-state index contributed by atoms with van der Waals surface area (Å²) in [4.78, 5) is 6.73. The average Bonchev–Trinajstić information content (AvgIpc) is 2.64. The van der Waals surface area contributed by atoms with E-state index in [4.69, 9.17) is 0 Å². The maximum absolute atomic E-state index is 10.7. The first-order chi connectivity index (χ1) is 12.5. The third kappa shape index (κ3) is 4.85. The minimum absolute atomic E-state index is 0.526. The molecule has 1 aliphatic heterocycles. The Labute approximate surface area is 157 Å². The zero-order chi connectivity index (χ0) is 18.6. The first-order valence-corrected chi connectivity index (χ1v) is 9.42. The first kappa shape index (κ1) is 18.9. The molecule has 140 valence electrons. The molecule has 2 aromatic rings. The first-order valence-electron chi connectivity index (χ1n) is 9.42. The van der Waals surface area contributed by atoms with Crippen molar-refractivity contribution >= 4 is 11.4 Å². The molecular weight excluding hydrogens is 322 g/mol. The fourth-order valence-electron chi connectivity index (χ4n) is 3.76. The van der Waals surface area contributed by atoms with E-state index in [1.807, 2.05) is 20.2 Å². The van der Waals surface area contributed by atoms with Crippen LogP contribution in [0.5, 0.6) is 0 Å². The summed E-state index contributed by atoms with van der Waals surface area (Å²) < 4.78 is 0. The number of hydrogen-bond donors (Lipinski definition) is 1. The highest BCUT2D eigenvalue weighted by Gasteiger charge is 2.32. The van der Waals surface area contributed by atoms with Crippen LogP contribution in [0.3, 0.4) is 0 Å². The molecule has 3 rings (SSSR count). The van der Waals surface area contributed by atoms with Crippen molar-refractivity contribution in [2.24, 2.45) is 0 Å². The smallest absolute Gasteiger partial charge is 0.0798 e. The standard InChI is InChI=1S/C22H31N3O/c1-23(2)18-22(26)13-15-25(16-14-22)17-19-9-11-21(12-10-19)24(3)20-7-5-4-6-8-20/h4-12,26H,13-18H2,1-3H3. The number of rotatable bonds is 6. The van der Waals surface area contributed by atoms with E-state index in [1.54, 1.807) is 0 Å². The Bertz CT molecular complexity index is 676. The quantitative estimate of drug-likeness (QED) is 0.863. The number of likely N-dealkylation sites (tertiary alicyclic amines) is 1. The van der Waals surface area contributed by atoms with Crippen molar-refractivity contribution in [3.8, 4) is 0 Å². The lowest BCUT2D eigenvalue weighted by Gasteiger charge is -2.39. The predicted molar refractivity (Wildman–Crippen MR) is 109 cm³/mol. The van der Waals surface area contributed by atoms with Crippen LogP contribution < -0.4 is 4.90 Å². The SMILES string of the molecule is CN(C)CC1(O)CCN(Cc2ccc(N(C)c3ccccc3)cc2)CC1. The molecule has 0 amide bonds. The molecule has 0 aliphatic carbocycles. The molecule has 26 heavy (non-hydrogen) atoms. The molecule has 1 N–H and O–H groups in total. The van der Waals surface area contributed by atoms with E-state index in [9.17, 15) is 5.11 Å². The van der Waals surface area contributed by atoms with Gasteiger partial charge in [-0.25, -0.2) is 0 Å². The lowest BCUT2D eigenvalue weighted by atomic mass is 9.91. The van der Waals surface area contributed by atoms with Crippen molar-refractivity contribution < 1.29 is 5.11 Å². The van der Waals surface area contributed by atoms with Crippen LogP contribution in [-0.2, 0) is 6.54 Å². The van der Waals surface area contributed by atoms with Crippen LogP contribution in [0.2, 0.25) is 0 Å². The van der Waals surface area contributed by atoms with Gasteiger partial charge in [0.2, 0.25) is 0 Å². The average molecular weight is 354 g/mol. The molecule has 0 radical (unpaired) electrons. The molecule has 4 heteroatoms. The Hall–Kier alpha value is -1.88. The zero-order valence-corrected chi connectivity index (χ0v) is 16.2. The van der Waals surface area contributed by atoms with E-state index in [-0.39, 0.29) is 0 Å². The zero-order valence-electron chi connectivity index (χ0n) is 16.2. The fourth-order valence-corrected chi connectivity index (χ4v) is 3.76. The van der Waals surface area contributed by atoms with Gasteiger partial charge in [0.05, 0.1) is 5.60 Å². The molecule has 4 nitrogen and oxygen atoms in total. The summed E-state index contributed by atoms with van der Waals surface area (Å²) in [5.74, 6) is 0. The van der Waals surface area contributed by atoms with Crippen LogP contribution in [0.1, 0.15) is 18.4 Å². The van der Waals surface area contributed by atoms with Gasteiger partial charge in [0.25, 0.3) is 0 Å². The van der Waals surface area contributed by atoms with Crippen molar-refractivity contribution in [2.45, 2.75) is 25.0 Å². The second kappa shape index (κ2) is 8.21. The summed E-state index contributed by atoms with van der Waals surface area (Å²) in [5.41, 5.74) is 3.19. The highest BCUT2D eigenvalue weighted by atomic mass is 16.3. The summed E-state index contributed by atoms with van der Waals surface area (Å²) in [6.45, 7) is 3.61. The second-order valence-corrected chi connectivity index (χ2v) is 7.80. The van der Waals surface area contributed by atoms with Crippen LogP contribution in [0.4, 0.5) is 11.4 Å². The lowest BCUT2D eigenvalue weighted by molar-refractivity contribution is -0.0388. The van der Waals surface area contributed by atoms with E-state index >= 15 is 0 Å². The number of aliphatic hydroxyl groups is 1. The second-order valence-electron chi connectivity index (χ2n) is 7.80. The van der Waals surface area contributed by atoms with Gasteiger partial charge in [-0.2, -0.15) is 0 Å². The molecule has 0 spiro atoms. The number of hydrogen-bond acceptors (Lipinski definition) is 4. The summed E-state index contributed by atoms with van der Waals surface area (Å²) in [5, 5.41) is 10.7. The van der Waals surface area contributed by atoms with Gasteiger partial charge in [-0.05, 0) is 56.8 Å². The van der Waals surface area contributed by atoms with Gasteiger partial charge in [0.15, 0.2) is 0 Å². The van der Waals surface area contributed by atoms with Gasteiger partial charge in [-0.1, -0.05) is 30.3 Å². The van der Waals surface area contributed by atoms with Gasteiger partial charge in [0, 0.05) is 44.6 Å². The summed E-state index contributed by atoms with van der Waals surface area (Å²) in [6, 6.07) is 19.2. The Morgan fingerprint density at radius 1 is 0.885 bits per heavy atom. The molecule has 0 bridgehead atoms. The molecule has 1 fully saturated rings. The Morgan fingerprint density at radius 2 is 1.46 bits per heavy atom. The van der Waals surface area contributed by atoms with Crippen LogP contribution in [0.25, 0.3) is 0 Å². The van der Waals surface area contributed by atoms with E-state index < -0.39 is 5.60 Å². The number of anilines is 2. The number of likely N-dealkylation sites (N-methyl/N-ethyl adjacent to an activating group) is 1. The molecule has 2 aromatic carbocycles. The number of nitrogens with zero attached hydrogens (tertiary/aromatic N) is 3. The largest absolute Gasteiger partial charge is 0.388 e. The summed E-state index contributed by atoms with van der Waals surface area (Å²) in [6.07, 6.45) is 1.69. The monoisotopic (exact) mass is 353 g/mol. The van der Waals surface area contributed by atoms with Gasteiger partial charge in [0.1, 0.15) is 0 Å². The molecule has 1 aliphatic rings. The Balaban J connectivity index is 1.55. The number of piperidine rings is 1. The third-order valence-corrected chi connectivity index (χ3v) is 5.27. The molecule has 0 unspecified atom stereocenters. The van der Waals surface area contributed by atoms with Crippen LogP contribution in [0.15, 0.2) is 54.6 Å². The van der Waals surface area contributed by atoms with Crippen LogP contribution in [0, 0.1) is 0 Å². The molecule has 1 saturated heterocycles. The Kier molecular flexibility index (Phi) is 5.97. The molecule has 0 atom stereocenters. The van der Waals surface area contributed by atoms with Crippen molar-refractivity contribution in [1.82, 2.24) is 9.80 Å². The Morgan fingerprint density at radius 3 is 2.04 bits per heavy atom. The topological polar surface area (TPSA) is 30.0 Å². The van der Waals surface area contributed by atoms with Crippen LogP contribution >= 0.6 is 0 Å². The van der Waals surface area contributed by atoms with Crippen LogP contribution in [-0.4, -0.2) is 61.3 Å². The molecule has 0 aromatic heterocycles. The predicted octanol–water partition coefficient (Wildman–Crippen LogP) is 3.34. The number of benzene rings is 2. The van der Waals surface area contributed by atoms with Crippen molar-refractivity contribution in [1.29, 1.82) is 0 Å². The highest BCUT2D eigenvalue weighted by molar-refractivity contribution is 5.62. The third-order valence-electron chi connectivity index (χ3n) is 5.27. The highest BCUT2D eigenvalue weighted by Crippen LogP contribution is 2.26. The van der Waals surface area contributed by atoms with Crippen molar-refractivity contribution in [3.63, 3.8) is 0 Å². The minimum atomic E-state index is -0.526. The summed E-state index contributed by atoms with van der Waals surface area (Å²) >= 11 is 0. The van der Waals surface area contributed by atoms with E-state index in [1.165, 1.54) is 16.9 Å².